The summed E-state index contributed by atoms with van der Waals surface area (Å²) >= 11 is 0. The Balaban J connectivity index is 3.10. The summed E-state index contributed by atoms with van der Waals surface area (Å²) in [4.78, 5) is 15.3. The third-order valence-corrected chi connectivity index (χ3v) is 1.66. The topological polar surface area (TPSA) is 76.2 Å². The standard InChI is InChI=1S/C9H12N2O2/c1-9(2,13)8(12)6-5-11-4-3-7(6)10/h3-5,13H,1-2H3,(H2,10,11). The van der Waals surface area contributed by atoms with E-state index in [2.05, 4.69) is 4.98 Å². The van der Waals surface area contributed by atoms with Gasteiger partial charge in [0.2, 0.25) is 0 Å². The molecule has 4 nitrogen and oxygen atoms in total. The van der Waals surface area contributed by atoms with Gasteiger partial charge in [-0.1, -0.05) is 0 Å². The molecular weight excluding hydrogens is 168 g/mol. The summed E-state index contributed by atoms with van der Waals surface area (Å²) in [5.41, 5.74) is 4.74. The van der Waals surface area contributed by atoms with Crippen LogP contribution < -0.4 is 5.73 Å². The predicted octanol–water partition coefficient (Wildman–Crippen LogP) is 0.617. The lowest BCUT2D eigenvalue weighted by Gasteiger charge is -2.15. The summed E-state index contributed by atoms with van der Waals surface area (Å²) in [6, 6.07) is 1.53. The van der Waals surface area contributed by atoms with Gasteiger partial charge in [0.1, 0.15) is 5.60 Å². The van der Waals surface area contributed by atoms with E-state index in [0.717, 1.165) is 0 Å². The third kappa shape index (κ3) is 2.03. The molecule has 1 rings (SSSR count). The van der Waals surface area contributed by atoms with Crippen LogP contribution in [-0.2, 0) is 0 Å². The zero-order valence-corrected chi connectivity index (χ0v) is 7.61. The quantitative estimate of drug-likeness (QED) is 0.654. The van der Waals surface area contributed by atoms with Gasteiger partial charge in [-0.2, -0.15) is 0 Å². The van der Waals surface area contributed by atoms with Crippen LogP contribution in [0.3, 0.4) is 0 Å². The first-order chi connectivity index (χ1) is 5.93. The molecule has 1 aromatic rings. The van der Waals surface area contributed by atoms with Crippen molar-refractivity contribution in [2.24, 2.45) is 0 Å². The predicted molar refractivity (Wildman–Crippen MR) is 49.3 cm³/mol. The van der Waals surface area contributed by atoms with Crippen molar-refractivity contribution in [3.05, 3.63) is 24.0 Å². The van der Waals surface area contributed by atoms with Crippen LogP contribution in [0.5, 0.6) is 0 Å². The molecule has 0 saturated carbocycles. The van der Waals surface area contributed by atoms with Gasteiger partial charge in [0.15, 0.2) is 5.78 Å². The molecule has 1 heterocycles. The summed E-state index contributed by atoms with van der Waals surface area (Å²) < 4.78 is 0. The highest BCUT2D eigenvalue weighted by atomic mass is 16.3. The molecule has 0 bridgehead atoms. The molecule has 0 unspecified atom stereocenters. The van der Waals surface area contributed by atoms with Crippen LogP contribution in [0.2, 0.25) is 0 Å². The van der Waals surface area contributed by atoms with Crippen molar-refractivity contribution in [2.75, 3.05) is 5.73 Å². The Morgan fingerprint density at radius 2 is 2.23 bits per heavy atom. The molecule has 0 aliphatic carbocycles. The molecule has 3 N–H and O–H groups in total. The van der Waals surface area contributed by atoms with Crippen LogP contribution in [0.4, 0.5) is 5.69 Å². The van der Waals surface area contributed by atoms with Gasteiger partial charge in [0.25, 0.3) is 0 Å². The van der Waals surface area contributed by atoms with Gasteiger partial charge < -0.3 is 10.8 Å². The van der Waals surface area contributed by atoms with Gasteiger partial charge in [-0.05, 0) is 19.9 Å². The lowest BCUT2D eigenvalue weighted by Crippen LogP contribution is -2.31. The van der Waals surface area contributed by atoms with Crippen LogP contribution in [0.25, 0.3) is 0 Å². The number of hydrogen-bond acceptors (Lipinski definition) is 4. The second-order valence-corrected chi connectivity index (χ2v) is 3.35. The number of aliphatic hydroxyl groups is 1. The first kappa shape index (κ1) is 9.67. The average Bonchev–Trinajstić information content (AvgIpc) is 2.02. The second-order valence-electron chi connectivity index (χ2n) is 3.35. The number of nitrogens with zero attached hydrogens (tertiary/aromatic N) is 1. The van der Waals surface area contributed by atoms with Crippen LogP contribution in [0, 0.1) is 0 Å². The number of carbonyl (C=O) groups excluding carboxylic acids is 1. The fourth-order valence-corrected chi connectivity index (χ4v) is 0.925. The number of carbonyl (C=O) groups is 1. The average molecular weight is 180 g/mol. The van der Waals surface area contributed by atoms with E-state index in [1.807, 2.05) is 0 Å². The number of anilines is 1. The number of rotatable bonds is 2. The van der Waals surface area contributed by atoms with Crippen LogP contribution in [0.1, 0.15) is 24.2 Å². The molecule has 0 aromatic carbocycles. The number of hydrogen-bond donors (Lipinski definition) is 2. The van der Waals surface area contributed by atoms with Gasteiger partial charge in [0.05, 0.1) is 5.56 Å². The Kier molecular flexibility index (Phi) is 2.34. The number of nitrogens with two attached hydrogens (primary N) is 1. The number of ketones is 1. The van der Waals surface area contributed by atoms with Crippen molar-refractivity contribution < 1.29 is 9.90 Å². The van der Waals surface area contributed by atoms with Crippen LogP contribution in [-0.4, -0.2) is 21.5 Å². The Morgan fingerprint density at radius 3 is 2.69 bits per heavy atom. The van der Waals surface area contributed by atoms with Crippen LogP contribution in [0.15, 0.2) is 18.5 Å². The Hall–Kier alpha value is -1.42. The number of nitrogen functional groups attached to an aromatic ring is 1. The first-order valence-corrected chi connectivity index (χ1v) is 3.89. The van der Waals surface area contributed by atoms with Crippen molar-refractivity contribution in [2.45, 2.75) is 19.4 Å². The van der Waals surface area contributed by atoms with E-state index in [9.17, 15) is 9.90 Å². The van der Waals surface area contributed by atoms with Crippen LogP contribution >= 0.6 is 0 Å². The summed E-state index contributed by atoms with van der Waals surface area (Å²) in [7, 11) is 0. The molecule has 1 aromatic heterocycles. The van der Waals surface area contributed by atoms with E-state index in [-0.39, 0.29) is 5.56 Å². The summed E-state index contributed by atoms with van der Waals surface area (Å²) in [6.07, 6.45) is 2.85. The van der Waals surface area contributed by atoms with Crippen molar-refractivity contribution in [1.82, 2.24) is 4.98 Å². The monoisotopic (exact) mass is 180 g/mol. The van der Waals surface area contributed by atoms with Crippen molar-refractivity contribution in [3.63, 3.8) is 0 Å². The first-order valence-electron chi connectivity index (χ1n) is 3.89. The van der Waals surface area contributed by atoms with Gasteiger partial charge in [-0.25, -0.2) is 0 Å². The molecule has 0 atom stereocenters. The smallest absolute Gasteiger partial charge is 0.197 e. The molecule has 0 fully saturated rings. The molecular formula is C9H12N2O2. The summed E-state index contributed by atoms with van der Waals surface area (Å²) in [5, 5.41) is 9.43. The molecule has 0 aliphatic rings. The van der Waals surface area contributed by atoms with E-state index in [4.69, 9.17) is 5.73 Å². The van der Waals surface area contributed by atoms with Gasteiger partial charge >= 0.3 is 0 Å². The minimum absolute atomic E-state index is 0.259. The van der Waals surface area contributed by atoms with E-state index in [1.165, 1.54) is 32.3 Å². The van der Waals surface area contributed by atoms with Crippen molar-refractivity contribution in [3.8, 4) is 0 Å². The highest BCUT2D eigenvalue weighted by Gasteiger charge is 2.26. The zero-order valence-electron chi connectivity index (χ0n) is 7.61. The fourth-order valence-electron chi connectivity index (χ4n) is 0.925. The largest absolute Gasteiger partial charge is 0.398 e. The van der Waals surface area contributed by atoms with E-state index < -0.39 is 11.4 Å². The maximum atomic E-state index is 11.5. The molecule has 4 heteroatoms. The van der Waals surface area contributed by atoms with E-state index >= 15 is 0 Å². The minimum atomic E-state index is -1.41. The highest BCUT2D eigenvalue weighted by molar-refractivity contribution is 6.05. The second kappa shape index (κ2) is 3.14. The molecule has 70 valence electrons. The summed E-state index contributed by atoms with van der Waals surface area (Å²) in [6.45, 7) is 2.84. The molecule has 0 amide bonds. The maximum absolute atomic E-state index is 11.5. The fraction of sp³-hybridized carbons (Fsp3) is 0.333. The van der Waals surface area contributed by atoms with Gasteiger partial charge in [-0.15, -0.1) is 0 Å². The number of aromatic nitrogens is 1. The Labute approximate surface area is 76.4 Å². The molecule has 0 saturated heterocycles. The van der Waals surface area contributed by atoms with Gasteiger partial charge in [-0.3, -0.25) is 9.78 Å². The lowest BCUT2D eigenvalue weighted by molar-refractivity contribution is 0.0488. The van der Waals surface area contributed by atoms with Crippen molar-refractivity contribution >= 4 is 11.5 Å². The lowest BCUT2D eigenvalue weighted by atomic mass is 9.97. The normalized spacial score (nSPS) is 11.3. The van der Waals surface area contributed by atoms with E-state index in [0.29, 0.717) is 5.69 Å². The zero-order chi connectivity index (χ0) is 10.1. The SMILES string of the molecule is CC(C)(O)C(=O)c1cnccc1N. The summed E-state index contributed by atoms with van der Waals surface area (Å²) in [5.74, 6) is -0.418. The molecule has 0 radical (unpaired) electrons. The third-order valence-electron chi connectivity index (χ3n) is 1.66. The number of pyridine rings is 1. The Morgan fingerprint density at radius 1 is 1.62 bits per heavy atom. The molecule has 0 spiro atoms. The number of Topliss-reactive ketones (excluding diaryl/α,β-unsaturated/α-hetero) is 1. The van der Waals surface area contributed by atoms with Gasteiger partial charge in [0, 0.05) is 18.1 Å². The Bertz CT molecular complexity index is 329. The van der Waals surface area contributed by atoms with E-state index in [1.54, 1.807) is 0 Å². The van der Waals surface area contributed by atoms with Crippen molar-refractivity contribution in [1.29, 1.82) is 0 Å². The molecule has 13 heavy (non-hydrogen) atoms. The molecule has 0 aliphatic heterocycles. The maximum Gasteiger partial charge on any atom is 0.197 e. The highest BCUT2D eigenvalue weighted by Crippen LogP contribution is 2.16. The minimum Gasteiger partial charge on any atom is -0.398 e.